The Morgan fingerprint density at radius 1 is 1.19 bits per heavy atom. The molecule has 0 aliphatic carbocycles. The van der Waals surface area contributed by atoms with Gasteiger partial charge in [-0.15, -0.1) is 0 Å². The molecule has 1 atom stereocenters. The fraction of sp³-hybridized carbons (Fsp3) is 0.560. The third-order valence-corrected chi connectivity index (χ3v) is 6.88. The molecule has 2 aromatic rings. The summed E-state index contributed by atoms with van der Waals surface area (Å²) in [5.74, 6) is 1.71. The summed E-state index contributed by atoms with van der Waals surface area (Å²) < 4.78 is 5.60. The molecule has 1 aromatic carbocycles. The Morgan fingerprint density at radius 3 is 2.72 bits per heavy atom. The number of anilines is 1. The first-order chi connectivity index (χ1) is 15.4. The number of hydrogen-bond acceptors (Lipinski definition) is 6. The van der Waals surface area contributed by atoms with Crippen LogP contribution < -0.4 is 10.2 Å². The maximum atomic E-state index is 12.6. The lowest BCUT2D eigenvalue weighted by atomic mass is 9.92. The monoisotopic (exact) mass is 454 g/mol. The van der Waals surface area contributed by atoms with E-state index in [1.54, 1.807) is 11.8 Å². The maximum absolute atomic E-state index is 12.6. The number of carbonyl (C=O) groups excluding carboxylic acids is 1. The van der Waals surface area contributed by atoms with Gasteiger partial charge in [-0.2, -0.15) is 0 Å². The zero-order chi connectivity index (χ0) is 22.6. The lowest BCUT2D eigenvalue weighted by Crippen LogP contribution is -2.31. The highest BCUT2D eigenvalue weighted by molar-refractivity contribution is 7.98. The van der Waals surface area contributed by atoms with Crippen molar-refractivity contribution >= 4 is 23.5 Å². The second-order valence-electron chi connectivity index (χ2n) is 9.67. The van der Waals surface area contributed by atoms with E-state index in [-0.39, 0.29) is 17.4 Å². The van der Waals surface area contributed by atoms with Crippen molar-refractivity contribution in [1.82, 2.24) is 15.3 Å². The van der Waals surface area contributed by atoms with Gasteiger partial charge in [-0.05, 0) is 43.4 Å². The van der Waals surface area contributed by atoms with Gasteiger partial charge in [0, 0.05) is 49.0 Å². The number of nitrogens with zero attached hydrogens (tertiary/aromatic N) is 3. The molecule has 4 rings (SSSR count). The molecule has 0 bridgehead atoms. The Kier molecular flexibility index (Phi) is 7.36. The number of aromatic nitrogens is 2. The normalized spacial score (nSPS) is 18.8. The highest BCUT2D eigenvalue weighted by atomic mass is 32.2. The number of benzene rings is 1. The van der Waals surface area contributed by atoms with Crippen molar-refractivity contribution in [2.24, 2.45) is 0 Å². The molecule has 2 aliphatic heterocycles. The third kappa shape index (κ3) is 6.01. The minimum atomic E-state index is -0.0466. The zero-order valence-electron chi connectivity index (χ0n) is 19.4. The van der Waals surface area contributed by atoms with E-state index in [4.69, 9.17) is 14.7 Å². The first-order valence-corrected chi connectivity index (χ1v) is 12.6. The molecule has 172 valence electrons. The summed E-state index contributed by atoms with van der Waals surface area (Å²) >= 11 is 1.63. The summed E-state index contributed by atoms with van der Waals surface area (Å²) in [6, 6.07) is 9.97. The van der Waals surface area contributed by atoms with Gasteiger partial charge in [-0.25, -0.2) is 9.97 Å². The molecule has 0 saturated carbocycles. The van der Waals surface area contributed by atoms with Gasteiger partial charge in [0.15, 0.2) is 5.16 Å². The van der Waals surface area contributed by atoms with Crippen molar-refractivity contribution in [3.63, 3.8) is 0 Å². The minimum Gasteiger partial charge on any atom is -0.376 e. The first-order valence-electron chi connectivity index (χ1n) is 11.6. The number of thioether (sulfide) groups is 1. The molecule has 0 spiro atoms. The van der Waals surface area contributed by atoms with Gasteiger partial charge in [0.1, 0.15) is 5.82 Å². The molecule has 1 N–H and O–H groups in total. The summed E-state index contributed by atoms with van der Waals surface area (Å²) in [4.78, 5) is 24.6. The topological polar surface area (TPSA) is 67.4 Å². The van der Waals surface area contributed by atoms with Crippen LogP contribution in [0.2, 0.25) is 0 Å². The van der Waals surface area contributed by atoms with Gasteiger partial charge in [0.25, 0.3) is 5.91 Å². The highest BCUT2D eigenvalue weighted by Gasteiger charge is 2.22. The number of ether oxygens (including phenoxy) is 1. The Morgan fingerprint density at radius 2 is 2.00 bits per heavy atom. The molecule has 1 unspecified atom stereocenters. The summed E-state index contributed by atoms with van der Waals surface area (Å²) in [6.07, 6.45) is 4.68. The van der Waals surface area contributed by atoms with Crippen LogP contribution in [0, 0.1) is 0 Å². The van der Waals surface area contributed by atoms with Crippen LogP contribution in [0.15, 0.2) is 35.5 Å². The van der Waals surface area contributed by atoms with Crippen molar-refractivity contribution in [3.05, 3.63) is 47.2 Å². The van der Waals surface area contributed by atoms with Crippen molar-refractivity contribution < 1.29 is 9.53 Å². The smallest absolute Gasteiger partial charge is 0.251 e. The van der Waals surface area contributed by atoms with E-state index in [1.807, 2.05) is 18.2 Å². The molecule has 2 aliphatic rings. The average molecular weight is 455 g/mol. The average Bonchev–Trinajstić information content (AvgIpc) is 3.50. The molecule has 32 heavy (non-hydrogen) atoms. The predicted octanol–water partition coefficient (Wildman–Crippen LogP) is 4.58. The standard InChI is InChI=1S/C25H34N4O2S/c1-25(2,3)21-15-22(29-11-4-5-12-29)28-24(27-21)32-17-18-8-6-9-19(14-18)23(30)26-16-20-10-7-13-31-20/h6,8-9,14-15,20H,4-5,7,10-13,16-17H2,1-3H3,(H,26,30). The Bertz CT molecular complexity index is 932. The number of nitrogens with one attached hydrogen (secondary N) is 1. The number of amides is 1. The van der Waals surface area contributed by atoms with Crippen LogP contribution in [0.5, 0.6) is 0 Å². The second kappa shape index (κ2) is 10.2. The van der Waals surface area contributed by atoms with E-state index in [2.05, 4.69) is 43.1 Å². The van der Waals surface area contributed by atoms with Crippen LogP contribution in [-0.4, -0.2) is 48.2 Å². The van der Waals surface area contributed by atoms with E-state index < -0.39 is 0 Å². The lowest BCUT2D eigenvalue weighted by Gasteiger charge is -2.23. The molecular weight excluding hydrogens is 420 g/mol. The van der Waals surface area contributed by atoms with E-state index in [0.29, 0.717) is 12.1 Å². The van der Waals surface area contributed by atoms with E-state index in [9.17, 15) is 4.79 Å². The van der Waals surface area contributed by atoms with Crippen molar-refractivity contribution in [3.8, 4) is 0 Å². The largest absolute Gasteiger partial charge is 0.376 e. The minimum absolute atomic E-state index is 0.0340. The number of hydrogen-bond donors (Lipinski definition) is 1. The molecular formula is C25H34N4O2S. The summed E-state index contributed by atoms with van der Waals surface area (Å²) in [6.45, 7) is 10.1. The number of rotatable bonds is 7. The van der Waals surface area contributed by atoms with Gasteiger partial charge in [0.2, 0.25) is 0 Å². The van der Waals surface area contributed by atoms with Crippen LogP contribution in [0.1, 0.15) is 68.1 Å². The zero-order valence-corrected chi connectivity index (χ0v) is 20.2. The summed E-state index contributed by atoms with van der Waals surface area (Å²) in [5.41, 5.74) is 2.81. The Balaban J connectivity index is 1.43. The molecule has 2 fully saturated rings. The SMILES string of the molecule is CC(C)(C)c1cc(N2CCCC2)nc(SCc2cccc(C(=O)NCC3CCCO3)c2)n1. The van der Waals surface area contributed by atoms with Crippen LogP contribution in [0.25, 0.3) is 0 Å². The van der Waals surface area contributed by atoms with Crippen LogP contribution >= 0.6 is 11.8 Å². The third-order valence-electron chi connectivity index (χ3n) is 5.96. The molecule has 1 amide bonds. The van der Waals surface area contributed by atoms with Gasteiger partial charge in [0.05, 0.1) is 11.8 Å². The molecule has 7 heteroatoms. The van der Waals surface area contributed by atoms with Crippen LogP contribution in [0.3, 0.4) is 0 Å². The summed E-state index contributed by atoms with van der Waals surface area (Å²) in [5, 5.41) is 3.80. The predicted molar refractivity (Wildman–Crippen MR) is 129 cm³/mol. The quantitative estimate of drug-likeness (QED) is 0.488. The fourth-order valence-corrected chi connectivity index (χ4v) is 4.83. The van der Waals surface area contributed by atoms with Crippen molar-refractivity contribution in [2.75, 3.05) is 31.1 Å². The fourth-order valence-electron chi connectivity index (χ4n) is 4.03. The molecule has 6 nitrogen and oxygen atoms in total. The van der Waals surface area contributed by atoms with Crippen LogP contribution in [0.4, 0.5) is 5.82 Å². The summed E-state index contributed by atoms with van der Waals surface area (Å²) in [7, 11) is 0. The molecule has 1 aromatic heterocycles. The van der Waals surface area contributed by atoms with Crippen molar-refractivity contribution in [2.45, 2.75) is 68.9 Å². The van der Waals surface area contributed by atoms with E-state index >= 15 is 0 Å². The molecule has 0 radical (unpaired) electrons. The van der Waals surface area contributed by atoms with Crippen LogP contribution in [-0.2, 0) is 15.9 Å². The van der Waals surface area contributed by atoms with Crippen molar-refractivity contribution in [1.29, 1.82) is 0 Å². The second-order valence-corrected chi connectivity index (χ2v) is 10.6. The maximum Gasteiger partial charge on any atom is 0.251 e. The lowest BCUT2D eigenvalue weighted by molar-refractivity contribution is 0.0857. The van der Waals surface area contributed by atoms with E-state index in [1.165, 1.54) is 12.8 Å². The number of carbonyl (C=O) groups is 1. The van der Waals surface area contributed by atoms with Gasteiger partial charge < -0.3 is 15.0 Å². The van der Waals surface area contributed by atoms with E-state index in [0.717, 1.165) is 60.5 Å². The molecule has 2 saturated heterocycles. The van der Waals surface area contributed by atoms with Gasteiger partial charge in [-0.3, -0.25) is 4.79 Å². The van der Waals surface area contributed by atoms with Gasteiger partial charge >= 0.3 is 0 Å². The van der Waals surface area contributed by atoms with Gasteiger partial charge in [-0.1, -0.05) is 44.7 Å². The molecule has 3 heterocycles. The highest BCUT2D eigenvalue weighted by Crippen LogP contribution is 2.29. The first kappa shape index (κ1) is 23.1. The Labute approximate surface area is 195 Å². The Hall–Kier alpha value is -2.12.